The number of carboxylic acids is 1. The van der Waals surface area contributed by atoms with E-state index in [1.54, 1.807) is 17.4 Å². The molecule has 4 rings (SSSR count). The molecule has 1 fully saturated rings. The summed E-state index contributed by atoms with van der Waals surface area (Å²) in [5.74, 6) is 0.0789. The molecule has 0 spiro atoms. The van der Waals surface area contributed by atoms with E-state index in [-0.39, 0.29) is 16.4 Å². The second kappa shape index (κ2) is 8.81. The molecule has 0 amide bonds. The molecule has 0 saturated heterocycles. The van der Waals surface area contributed by atoms with Crippen LogP contribution in [-0.2, 0) is 10.8 Å². The number of carboxylic acid groups (broad SMARTS) is 1. The minimum absolute atomic E-state index is 0.0791. The third-order valence-corrected chi connectivity index (χ3v) is 7.79. The van der Waals surface area contributed by atoms with E-state index in [0.29, 0.717) is 11.7 Å². The summed E-state index contributed by atoms with van der Waals surface area (Å²) in [6.07, 6.45) is 4.78. The lowest BCUT2D eigenvalue weighted by atomic mass is 9.69. The SMILES string of the molecule is CC.COc1cc(N(CC2CC2)c2nc3c(s2)C(C)(C)CCC3(C)C)ccc1C(=O)O. The van der Waals surface area contributed by atoms with E-state index in [9.17, 15) is 9.90 Å². The largest absolute Gasteiger partial charge is 0.496 e. The Morgan fingerprint density at radius 3 is 2.39 bits per heavy atom. The van der Waals surface area contributed by atoms with Crippen molar-refractivity contribution in [1.82, 2.24) is 4.98 Å². The van der Waals surface area contributed by atoms with Gasteiger partial charge in [0, 0.05) is 34.0 Å². The second-order valence-electron chi connectivity index (χ2n) is 9.69. The summed E-state index contributed by atoms with van der Waals surface area (Å²) in [5, 5.41) is 10.4. The molecule has 1 aromatic carbocycles. The van der Waals surface area contributed by atoms with Crippen molar-refractivity contribution in [3.8, 4) is 5.75 Å². The number of fused-ring (bicyclic) bond motifs is 1. The molecule has 1 saturated carbocycles. The predicted molar refractivity (Wildman–Crippen MR) is 128 cm³/mol. The Bertz CT molecular complexity index is 911. The monoisotopic (exact) mass is 444 g/mol. The first-order valence-electron chi connectivity index (χ1n) is 11.3. The first-order chi connectivity index (χ1) is 14.6. The maximum absolute atomic E-state index is 11.5. The molecule has 5 nitrogen and oxygen atoms in total. The van der Waals surface area contributed by atoms with Crippen molar-refractivity contribution in [3.63, 3.8) is 0 Å². The fourth-order valence-corrected chi connectivity index (χ4v) is 5.48. The number of carbonyl (C=O) groups is 1. The number of aromatic carboxylic acids is 1. The van der Waals surface area contributed by atoms with Crippen molar-refractivity contribution in [2.75, 3.05) is 18.6 Å². The maximum Gasteiger partial charge on any atom is 0.339 e. The minimum atomic E-state index is -0.977. The zero-order chi connectivity index (χ0) is 23.0. The summed E-state index contributed by atoms with van der Waals surface area (Å²) >= 11 is 1.80. The van der Waals surface area contributed by atoms with Gasteiger partial charge in [-0.3, -0.25) is 0 Å². The highest BCUT2D eigenvalue weighted by Crippen LogP contribution is 2.50. The van der Waals surface area contributed by atoms with Gasteiger partial charge in [0.25, 0.3) is 0 Å². The Labute approximate surface area is 190 Å². The van der Waals surface area contributed by atoms with Gasteiger partial charge < -0.3 is 14.7 Å². The molecular formula is C25H36N2O3S. The van der Waals surface area contributed by atoms with Gasteiger partial charge >= 0.3 is 5.97 Å². The smallest absolute Gasteiger partial charge is 0.339 e. The standard InChI is InChI=1S/C23H30N2O3S.C2H6/c1-22(2)10-11-23(3,4)19-18(22)24-21(29-19)25(13-14-6-7-14)15-8-9-16(20(26)27)17(12-15)28-5;1-2/h8-9,12,14H,6-7,10-11,13H2,1-5H3,(H,26,27);1-2H3. The van der Waals surface area contributed by atoms with Crippen LogP contribution in [0.3, 0.4) is 0 Å². The molecule has 2 aromatic rings. The Morgan fingerprint density at radius 2 is 1.84 bits per heavy atom. The topological polar surface area (TPSA) is 62.7 Å². The number of ether oxygens (including phenoxy) is 1. The Kier molecular flexibility index (Phi) is 6.70. The number of benzene rings is 1. The van der Waals surface area contributed by atoms with Crippen molar-refractivity contribution in [1.29, 1.82) is 0 Å². The van der Waals surface area contributed by atoms with Crippen molar-refractivity contribution in [2.24, 2.45) is 5.92 Å². The second-order valence-corrected chi connectivity index (χ2v) is 10.7. The van der Waals surface area contributed by atoms with Crippen LogP contribution in [0.25, 0.3) is 0 Å². The number of hydrogen-bond donors (Lipinski definition) is 1. The van der Waals surface area contributed by atoms with Gasteiger partial charge in [-0.2, -0.15) is 0 Å². The fourth-order valence-electron chi connectivity index (χ4n) is 4.08. The Balaban J connectivity index is 0.00000132. The molecule has 0 unspecified atom stereocenters. The van der Waals surface area contributed by atoms with Gasteiger partial charge in [0.1, 0.15) is 11.3 Å². The summed E-state index contributed by atoms with van der Waals surface area (Å²) in [6.45, 7) is 14.1. The van der Waals surface area contributed by atoms with Crippen LogP contribution in [0.4, 0.5) is 10.8 Å². The van der Waals surface area contributed by atoms with Crippen LogP contribution in [0.1, 0.15) is 88.2 Å². The van der Waals surface area contributed by atoms with Gasteiger partial charge in [0.15, 0.2) is 5.13 Å². The average Bonchev–Trinajstić information content (AvgIpc) is 3.44. The third kappa shape index (κ3) is 4.74. The highest BCUT2D eigenvalue weighted by atomic mass is 32.1. The zero-order valence-corrected chi connectivity index (χ0v) is 20.7. The first-order valence-corrected chi connectivity index (χ1v) is 12.1. The summed E-state index contributed by atoms with van der Waals surface area (Å²) < 4.78 is 5.38. The van der Waals surface area contributed by atoms with Crippen LogP contribution < -0.4 is 9.64 Å². The van der Waals surface area contributed by atoms with E-state index in [2.05, 4.69) is 32.6 Å². The highest BCUT2D eigenvalue weighted by molar-refractivity contribution is 7.16. The van der Waals surface area contributed by atoms with Crippen LogP contribution in [0.2, 0.25) is 0 Å². The molecule has 2 aliphatic rings. The lowest BCUT2D eigenvalue weighted by Crippen LogP contribution is -2.32. The molecule has 0 atom stereocenters. The Morgan fingerprint density at radius 1 is 1.19 bits per heavy atom. The predicted octanol–water partition coefficient (Wildman–Crippen LogP) is 6.77. The van der Waals surface area contributed by atoms with Crippen molar-refractivity contribution < 1.29 is 14.6 Å². The minimum Gasteiger partial charge on any atom is -0.496 e. The van der Waals surface area contributed by atoms with Gasteiger partial charge in [-0.25, -0.2) is 9.78 Å². The number of aromatic nitrogens is 1. The van der Waals surface area contributed by atoms with Crippen LogP contribution >= 0.6 is 11.3 Å². The van der Waals surface area contributed by atoms with Crippen LogP contribution in [0, 0.1) is 5.92 Å². The number of hydrogen-bond acceptors (Lipinski definition) is 5. The van der Waals surface area contributed by atoms with Crippen molar-refractivity contribution >= 4 is 28.1 Å². The molecule has 31 heavy (non-hydrogen) atoms. The lowest BCUT2D eigenvalue weighted by Gasteiger charge is -2.37. The van der Waals surface area contributed by atoms with Crippen LogP contribution in [0.15, 0.2) is 18.2 Å². The van der Waals surface area contributed by atoms with Gasteiger partial charge in [0.05, 0.1) is 12.8 Å². The molecule has 2 aliphatic carbocycles. The van der Waals surface area contributed by atoms with E-state index in [0.717, 1.165) is 23.8 Å². The number of anilines is 2. The molecule has 0 radical (unpaired) electrons. The molecular weight excluding hydrogens is 408 g/mol. The fraction of sp³-hybridized carbons (Fsp3) is 0.600. The number of nitrogens with zero attached hydrogens (tertiary/aromatic N) is 2. The quantitative estimate of drug-likeness (QED) is 0.532. The highest BCUT2D eigenvalue weighted by Gasteiger charge is 2.41. The maximum atomic E-state index is 11.5. The normalized spacial score (nSPS) is 18.4. The summed E-state index contributed by atoms with van der Waals surface area (Å²) in [4.78, 5) is 20.3. The summed E-state index contributed by atoms with van der Waals surface area (Å²) in [5.41, 5.74) is 2.57. The zero-order valence-electron chi connectivity index (χ0n) is 19.9. The van der Waals surface area contributed by atoms with Crippen molar-refractivity contribution in [3.05, 3.63) is 34.3 Å². The molecule has 1 aromatic heterocycles. The van der Waals surface area contributed by atoms with Crippen molar-refractivity contribution in [2.45, 2.75) is 78.1 Å². The summed E-state index contributed by atoms with van der Waals surface area (Å²) in [7, 11) is 1.52. The van der Waals surface area contributed by atoms with E-state index in [1.165, 1.54) is 36.9 Å². The molecule has 1 heterocycles. The Hall–Kier alpha value is -2.08. The number of thiazole rings is 1. The van der Waals surface area contributed by atoms with Gasteiger partial charge in [0.2, 0.25) is 0 Å². The van der Waals surface area contributed by atoms with Gasteiger partial charge in [-0.15, -0.1) is 11.3 Å². The molecule has 6 heteroatoms. The summed E-state index contributed by atoms with van der Waals surface area (Å²) in [6, 6.07) is 5.35. The number of methoxy groups -OCH3 is 1. The molecule has 0 aliphatic heterocycles. The first kappa shape index (κ1) is 23.6. The average molecular weight is 445 g/mol. The van der Waals surface area contributed by atoms with Crippen LogP contribution in [0.5, 0.6) is 5.75 Å². The lowest BCUT2D eigenvalue weighted by molar-refractivity contribution is 0.0693. The van der Waals surface area contributed by atoms with E-state index >= 15 is 0 Å². The number of rotatable bonds is 6. The molecule has 0 bridgehead atoms. The van der Waals surface area contributed by atoms with Crippen LogP contribution in [-0.4, -0.2) is 29.7 Å². The molecule has 170 valence electrons. The van der Waals surface area contributed by atoms with Gasteiger partial charge in [-0.05, 0) is 43.7 Å². The van der Waals surface area contributed by atoms with E-state index in [1.807, 2.05) is 26.0 Å². The molecule has 1 N–H and O–H groups in total. The van der Waals surface area contributed by atoms with Gasteiger partial charge in [-0.1, -0.05) is 41.5 Å². The third-order valence-electron chi connectivity index (χ3n) is 6.34. The van der Waals surface area contributed by atoms with E-state index < -0.39 is 5.97 Å². The van der Waals surface area contributed by atoms with E-state index in [4.69, 9.17) is 9.72 Å².